The van der Waals surface area contributed by atoms with Gasteiger partial charge in [-0.25, -0.2) is 0 Å². The highest BCUT2D eigenvalue weighted by atomic mass is 127. The summed E-state index contributed by atoms with van der Waals surface area (Å²) in [6.07, 6.45) is 0. The summed E-state index contributed by atoms with van der Waals surface area (Å²) in [5.41, 5.74) is 2.88. The molecular weight excluding hydrogens is 335 g/mol. The number of hydrogen-bond acceptors (Lipinski definition) is 2. The molecule has 0 bridgehead atoms. The molecule has 0 amide bonds. The van der Waals surface area contributed by atoms with Gasteiger partial charge in [0.15, 0.2) is 0 Å². The number of rotatable bonds is 3. The Labute approximate surface area is 124 Å². The lowest BCUT2D eigenvalue weighted by Crippen LogP contribution is -2.48. The van der Waals surface area contributed by atoms with E-state index in [2.05, 4.69) is 71.4 Å². The first-order valence-electron chi connectivity index (χ1n) is 6.78. The van der Waals surface area contributed by atoms with Gasteiger partial charge in [-0.1, -0.05) is 18.2 Å². The van der Waals surface area contributed by atoms with Crippen molar-refractivity contribution < 1.29 is 0 Å². The van der Waals surface area contributed by atoms with Crippen molar-refractivity contribution in [1.29, 1.82) is 0 Å². The minimum Gasteiger partial charge on any atom is -0.298 e. The van der Waals surface area contributed by atoms with Crippen LogP contribution in [-0.4, -0.2) is 42.0 Å². The largest absolute Gasteiger partial charge is 0.298 e. The van der Waals surface area contributed by atoms with E-state index in [4.69, 9.17) is 0 Å². The molecule has 1 saturated heterocycles. The Hall–Kier alpha value is -0.130. The van der Waals surface area contributed by atoms with Gasteiger partial charge in [0.25, 0.3) is 0 Å². The molecule has 100 valence electrons. The summed E-state index contributed by atoms with van der Waals surface area (Å²) in [6.45, 7) is 12.7. The number of halogens is 1. The van der Waals surface area contributed by atoms with Crippen molar-refractivity contribution in [2.24, 2.45) is 0 Å². The standard InChI is InChI=1S/C15H23IN2/c1-12(2)18-9-7-17(8-10-18)11-14-6-4-5-13(3)15(14)16/h4-6,12H,7-11H2,1-3H3. The topological polar surface area (TPSA) is 6.48 Å². The zero-order valence-electron chi connectivity index (χ0n) is 11.6. The lowest BCUT2D eigenvalue weighted by Gasteiger charge is -2.37. The molecule has 1 aromatic carbocycles. The van der Waals surface area contributed by atoms with Crippen LogP contribution in [0.1, 0.15) is 25.0 Å². The summed E-state index contributed by atoms with van der Waals surface area (Å²) in [5, 5.41) is 0. The Balaban J connectivity index is 1.94. The van der Waals surface area contributed by atoms with Gasteiger partial charge in [-0.05, 0) is 54.5 Å². The molecule has 0 radical (unpaired) electrons. The molecule has 0 spiro atoms. The molecule has 0 atom stereocenters. The van der Waals surface area contributed by atoms with Gasteiger partial charge >= 0.3 is 0 Å². The molecule has 0 unspecified atom stereocenters. The smallest absolute Gasteiger partial charge is 0.0245 e. The second kappa shape index (κ2) is 6.35. The van der Waals surface area contributed by atoms with Crippen LogP contribution in [0.5, 0.6) is 0 Å². The summed E-state index contributed by atoms with van der Waals surface area (Å²) in [5.74, 6) is 0. The molecule has 18 heavy (non-hydrogen) atoms. The fourth-order valence-electron chi connectivity index (χ4n) is 2.51. The van der Waals surface area contributed by atoms with Crippen LogP contribution in [0.15, 0.2) is 18.2 Å². The molecule has 0 aliphatic carbocycles. The first-order chi connectivity index (χ1) is 8.58. The van der Waals surface area contributed by atoms with E-state index in [-0.39, 0.29) is 0 Å². The molecule has 3 heteroatoms. The Morgan fingerprint density at radius 2 is 1.83 bits per heavy atom. The van der Waals surface area contributed by atoms with E-state index in [0.717, 1.165) is 6.54 Å². The molecule has 1 aliphatic rings. The van der Waals surface area contributed by atoms with Crippen LogP contribution in [-0.2, 0) is 6.54 Å². The molecular formula is C15H23IN2. The van der Waals surface area contributed by atoms with Gasteiger partial charge < -0.3 is 0 Å². The van der Waals surface area contributed by atoms with Crippen molar-refractivity contribution in [2.45, 2.75) is 33.4 Å². The zero-order chi connectivity index (χ0) is 13.1. The van der Waals surface area contributed by atoms with E-state index in [9.17, 15) is 0 Å². The molecule has 0 N–H and O–H groups in total. The predicted molar refractivity (Wildman–Crippen MR) is 85.9 cm³/mol. The van der Waals surface area contributed by atoms with Gasteiger partial charge in [0.1, 0.15) is 0 Å². The van der Waals surface area contributed by atoms with Crippen LogP contribution in [0.3, 0.4) is 0 Å². The van der Waals surface area contributed by atoms with E-state index in [1.807, 2.05) is 0 Å². The van der Waals surface area contributed by atoms with Crippen molar-refractivity contribution in [3.8, 4) is 0 Å². The van der Waals surface area contributed by atoms with E-state index in [1.165, 1.54) is 40.9 Å². The van der Waals surface area contributed by atoms with E-state index in [1.54, 1.807) is 0 Å². The Bertz CT molecular complexity index is 395. The van der Waals surface area contributed by atoms with Crippen molar-refractivity contribution in [3.63, 3.8) is 0 Å². The van der Waals surface area contributed by atoms with Crippen molar-refractivity contribution in [2.75, 3.05) is 26.2 Å². The third kappa shape index (κ3) is 3.45. The average molecular weight is 358 g/mol. The summed E-state index contributed by atoms with van der Waals surface area (Å²) < 4.78 is 1.43. The van der Waals surface area contributed by atoms with Gasteiger partial charge in [-0.2, -0.15) is 0 Å². The zero-order valence-corrected chi connectivity index (χ0v) is 13.8. The molecule has 0 saturated carbocycles. The number of hydrogen-bond donors (Lipinski definition) is 0. The van der Waals surface area contributed by atoms with Gasteiger partial charge in [0, 0.05) is 42.3 Å². The van der Waals surface area contributed by atoms with Gasteiger partial charge in [-0.3, -0.25) is 9.80 Å². The molecule has 2 nitrogen and oxygen atoms in total. The van der Waals surface area contributed by atoms with Crippen LogP contribution >= 0.6 is 22.6 Å². The first kappa shape index (κ1) is 14.3. The van der Waals surface area contributed by atoms with E-state index >= 15 is 0 Å². The molecule has 1 aliphatic heterocycles. The van der Waals surface area contributed by atoms with Gasteiger partial charge in [-0.15, -0.1) is 0 Å². The number of aryl methyl sites for hydroxylation is 1. The average Bonchev–Trinajstić information content (AvgIpc) is 2.36. The summed E-state index contributed by atoms with van der Waals surface area (Å²) >= 11 is 2.48. The third-order valence-electron chi connectivity index (χ3n) is 3.80. The van der Waals surface area contributed by atoms with Gasteiger partial charge in [0.05, 0.1) is 0 Å². The molecule has 1 fully saturated rings. The highest BCUT2D eigenvalue weighted by Crippen LogP contribution is 2.19. The molecule has 1 aromatic rings. The normalized spacial score (nSPS) is 18.5. The van der Waals surface area contributed by atoms with E-state index < -0.39 is 0 Å². The maximum Gasteiger partial charge on any atom is 0.0245 e. The van der Waals surface area contributed by atoms with Crippen LogP contribution in [0.4, 0.5) is 0 Å². The molecule has 2 rings (SSSR count). The Morgan fingerprint density at radius 1 is 1.17 bits per heavy atom. The van der Waals surface area contributed by atoms with Crippen LogP contribution < -0.4 is 0 Å². The Morgan fingerprint density at radius 3 is 2.44 bits per heavy atom. The quantitative estimate of drug-likeness (QED) is 0.766. The maximum absolute atomic E-state index is 2.58. The molecule has 0 aromatic heterocycles. The van der Waals surface area contributed by atoms with Crippen LogP contribution in [0.2, 0.25) is 0 Å². The second-order valence-electron chi connectivity index (χ2n) is 5.45. The minimum absolute atomic E-state index is 0.686. The number of piperazine rings is 1. The summed E-state index contributed by atoms with van der Waals surface area (Å²) in [6, 6.07) is 7.33. The van der Waals surface area contributed by atoms with Crippen molar-refractivity contribution >= 4 is 22.6 Å². The van der Waals surface area contributed by atoms with Gasteiger partial charge in [0.2, 0.25) is 0 Å². The Kier molecular flexibility index (Phi) is 5.04. The predicted octanol–water partition coefficient (Wildman–Crippen LogP) is 3.13. The highest BCUT2D eigenvalue weighted by molar-refractivity contribution is 14.1. The van der Waals surface area contributed by atoms with Crippen molar-refractivity contribution in [3.05, 3.63) is 32.9 Å². The monoisotopic (exact) mass is 358 g/mol. The van der Waals surface area contributed by atoms with E-state index in [0.29, 0.717) is 6.04 Å². The first-order valence-corrected chi connectivity index (χ1v) is 7.86. The number of benzene rings is 1. The fourth-order valence-corrected chi connectivity index (χ4v) is 3.04. The lowest BCUT2D eigenvalue weighted by molar-refractivity contribution is 0.104. The summed E-state index contributed by atoms with van der Waals surface area (Å²) in [4.78, 5) is 5.15. The lowest BCUT2D eigenvalue weighted by atomic mass is 10.1. The van der Waals surface area contributed by atoms with Crippen molar-refractivity contribution in [1.82, 2.24) is 9.80 Å². The third-order valence-corrected chi connectivity index (χ3v) is 5.35. The number of nitrogens with zero attached hydrogens (tertiary/aromatic N) is 2. The fraction of sp³-hybridized carbons (Fsp3) is 0.600. The second-order valence-corrected chi connectivity index (χ2v) is 6.53. The summed E-state index contributed by atoms with van der Waals surface area (Å²) in [7, 11) is 0. The maximum atomic E-state index is 2.58. The van der Waals surface area contributed by atoms with Crippen LogP contribution in [0, 0.1) is 10.5 Å². The molecule has 1 heterocycles. The van der Waals surface area contributed by atoms with Crippen LogP contribution in [0.25, 0.3) is 0 Å². The minimum atomic E-state index is 0.686. The highest BCUT2D eigenvalue weighted by Gasteiger charge is 2.19. The SMILES string of the molecule is Cc1cccc(CN2CCN(C(C)C)CC2)c1I.